The predicted molar refractivity (Wildman–Crippen MR) is 78.3 cm³/mol. The number of hydrogen-bond donors (Lipinski definition) is 2. The van der Waals surface area contributed by atoms with E-state index in [1.807, 2.05) is 0 Å². The second-order valence-electron chi connectivity index (χ2n) is 5.25. The SMILES string of the molecule is CC(=O)NCC1CCN(S(=O)(=O)c2ccccc2O)CC1. The monoisotopic (exact) mass is 312 g/mol. The first kappa shape index (κ1) is 15.8. The number of phenolic OH excluding ortho intramolecular Hbond substituents is 1. The van der Waals surface area contributed by atoms with E-state index in [1.54, 1.807) is 12.1 Å². The minimum Gasteiger partial charge on any atom is -0.507 e. The van der Waals surface area contributed by atoms with Gasteiger partial charge in [0, 0.05) is 26.6 Å². The lowest BCUT2D eigenvalue weighted by atomic mass is 9.98. The predicted octanol–water partition coefficient (Wildman–Crippen LogP) is 0.929. The van der Waals surface area contributed by atoms with Crippen molar-refractivity contribution in [3.05, 3.63) is 24.3 Å². The Balaban J connectivity index is 2.01. The summed E-state index contributed by atoms with van der Waals surface area (Å²) in [7, 11) is -3.65. The van der Waals surface area contributed by atoms with Crippen molar-refractivity contribution in [3.8, 4) is 5.75 Å². The molecule has 0 atom stereocenters. The Labute approximate surface area is 124 Å². The zero-order chi connectivity index (χ0) is 15.5. The Morgan fingerprint density at radius 2 is 1.95 bits per heavy atom. The quantitative estimate of drug-likeness (QED) is 0.866. The molecule has 1 fully saturated rings. The second-order valence-corrected chi connectivity index (χ2v) is 7.16. The van der Waals surface area contributed by atoms with Crippen molar-refractivity contribution in [1.82, 2.24) is 9.62 Å². The number of rotatable bonds is 4. The van der Waals surface area contributed by atoms with Crippen LogP contribution in [0.2, 0.25) is 0 Å². The number of aromatic hydroxyl groups is 1. The summed E-state index contributed by atoms with van der Waals surface area (Å²) in [6.07, 6.45) is 1.40. The number of carbonyl (C=O) groups excluding carboxylic acids is 1. The minimum atomic E-state index is -3.65. The van der Waals surface area contributed by atoms with Gasteiger partial charge in [0.15, 0.2) is 0 Å². The highest BCUT2D eigenvalue weighted by molar-refractivity contribution is 7.89. The summed E-state index contributed by atoms with van der Waals surface area (Å²) in [6, 6.07) is 5.97. The fourth-order valence-corrected chi connectivity index (χ4v) is 4.01. The van der Waals surface area contributed by atoms with Crippen molar-refractivity contribution in [3.63, 3.8) is 0 Å². The van der Waals surface area contributed by atoms with E-state index in [1.165, 1.54) is 23.4 Å². The highest BCUT2D eigenvalue weighted by Gasteiger charge is 2.30. The number of carbonyl (C=O) groups is 1. The normalized spacial score (nSPS) is 17.6. The molecule has 1 saturated heterocycles. The molecule has 1 amide bonds. The number of benzene rings is 1. The molecule has 0 saturated carbocycles. The molecule has 1 aliphatic rings. The number of sulfonamides is 1. The van der Waals surface area contributed by atoms with Gasteiger partial charge in [0.05, 0.1) is 0 Å². The van der Waals surface area contributed by atoms with Crippen LogP contribution in [-0.4, -0.2) is 43.4 Å². The third kappa shape index (κ3) is 3.74. The molecule has 1 aromatic carbocycles. The fourth-order valence-electron chi connectivity index (χ4n) is 2.46. The third-order valence-corrected chi connectivity index (χ3v) is 5.64. The zero-order valence-corrected chi connectivity index (χ0v) is 12.8. The summed E-state index contributed by atoms with van der Waals surface area (Å²) >= 11 is 0. The average molecular weight is 312 g/mol. The molecular weight excluding hydrogens is 292 g/mol. The molecule has 6 nitrogen and oxygen atoms in total. The van der Waals surface area contributed by atoms with E-state index in [2.05, 4.69) is 5.32 Å². The summed E-state index contributed by atoms with van der Waals surface area (Å²) in [4.78, 5) is 10.8. The maximum atomic E-state index is 12.5. The summed E-state index contributed by atoms with van der Waals surface area (Å²) in [5.41, 5.74) is 0. The van der Waals surface area contributed by atoms with E-state index < -0.39 is 10.0 Å². The molecule has 0 aliphatic carbocycles. The van der Waals surface area contributed by atoms with Gasteiger partial charge in [-0.3, -0.25) is 4.79 Å². The Hall–Kier alpha value is -1.60. The van der Waals surface area contributed by atoms with Crippen LogP contribution in [0, 0.1) is 5.92 Å². The van der Waals surface area contributed by atoms with E-state index in [0.29, 0.717) is 38.4 Å². The number of para-hydroxylation sites is 1. The minimum absolute atomic E-state index is 0.0506. The van der Waals surface area contributed by atoms with Crippen LogP contribution in [0.3, 0.4) is 0 Å². The van der Waals surface area contributed by atoms with Gasteiger partial charge in [0.25, 0.3) is 0 Å². The van der Waals surface area contributed by atoms with E-state index in [4.69, 9.17) is 0 Å². The van der Waals surface area contributed by atoms with E-state index in [9.17, 15) is 18.3 Å². The zero-order valence-electron chi connectivity index (χ0n) is 11.9. The van der Waals surface area contributed by atoms with Crippen LogP contribution in [0.5, 0.6) is 5.75 Å². The smallest absolute Gasteiger partial charge is 0.246 e. The molecule has 21 heavy (non-hydrogen) atoms. The van der Waals surface area contributed by atoms with Gasteiger partial charge >= 0.3 is 0 Å². The third-order valence-electron chi connectivity index (χ3n) is 3.70. The lowest BCUT2D eigenvalue weighted by Crippen LogP contribution is -2.41. The highest BCUT2D eigenvalue weighted by Crippen LogP contribution is 2.28. The van der Waals surface area contributed by atoms with Crippen LogP contribution in [-0.2, 0) is 14.8 Å². The van der Waals surface area contributed by atoms with Gasteiger partial charge in [-0.2, -0.15) is 4.31 Å². The number of piperidine rings is 1. The van der Waals surface area contributed by atoms with Crippen molar-refractivity contribution in [2.75, 3.05) is 19.6 Å². The average Bonchev–Trinajstić information content (AvgIpc) is 2.46. The molecule has 0 aromatic heterocycles. The van der Waals surface area contributed by atoms with Crippen LogP contribution in [0.4, 0.5) is 0 Å². The molecule has 0 bridgehead atoms. The lowest BCUT2D eigenvalue weighted by Gasteiger charge is -2.31. The van der Waals surface area contributed by atoms with Gasteiger partial charge < -0.3 is 10.4 Å². The molecule has 0 radical (unpaired) electrons. The Morgan fingerprint density at radius 3 is 2.52 bits per heavy atom. The van der Waals surface area contributed by atoms with Gasteiger partial charge in [-0.15, -0.1) is 0 Å². The number of hydrogen-bond acceptors (Lipinski definition) is 4. The standard InChI is InChI=1S/C14H20N2O4S/c1-11(17)15-10-12-6-8-16(9-7-12)21(19,20)14-5-3-2-4-13(14)18/h2-5,12,18H,6-10H2,1H3,(H,15,17). The van der Waals surface area contributed by atoms with Crippen LogP contribution >= 0.6 is 0 Å². The van der Waals surface area contributed by atoms with Crippen LogP contribution in [0.25, 0.3) is 0 Å². The van der Waals surface area contributed by atoms with Crippen molar-refractivity contribution in [2.24, 2.45) is 5.92 Å². The second kappa shape index (κ2) is 6.44. The molecule has 116 valence electrons. The molecular formula is C14H20N2O4S. The van der Waals surface area contributed by atoms with Crippen molar-refractivity contribution in [2.45, 2.75) is 24.7 Å². The maximum absolute atomic E-state index is 12.5. The molecule has 0 spiro atoms. The van der Waals surface area contributed by atoms with Crippen LogP contribution < -0.4 is 5.32 Å². The molecule has 2 N–H and O–H groups in total. The summed E-state index contributed by atoms with van der Waals surface area (Å²) in [5, 5.41) is 12.5. The Bertz CT molecular complexity index is 607. The number of nitrogens with zero attached hydrogens (tertiary/aromatic N) is 1. The fraction of sp³-hybridized carbons (Fsp3) is 0.500. The van der Waals surface area contributed by atoms with Crippen molar-refractivity contribution < 1.29 is 18.3 Å². The van der Waals surface area contributed by atoms with Crippen molar-refractivity contribution >= 4 is 15.9 Å². The number of nitrogens with one attached hydrogen (secondary N) is 1. The molecule has 2 rings (SSSR count). The van der Waals surface area contributed by atoms with Crippen molar-refractivity contribution in [1.29, 1.82) is 0 Å². The number of amides is 1. The first-order valence-corrected chi connectivity index (χ1v) is 8.38. The highest BCUT2D eigenvalue weighted by atomic mass is 32.2. The first-order valence-electron chi connectivity index (χ1n) is 6.94. The van der Waals surface area contributed by atoms with E-state index in [0.717, 1.165) is 0 Å². The van der Waals surface area contributed by atoms with Gasteiger partial charge in [0.1, 0.15) is 10.6 Å². The maximum Gasteiger partial charge on any atom is 0.246 e. The lowest BCUT2D eigenvalue weighted by molar-refractivity contribution is -0.119. The first-order chi connectivity index (χ1) is 9.91. The van der Waals surface area contributed by atoms with E-state index in [-0.39, 0.29) is 16.6 Å². The molecule has 1 aliphatic heterocycles. The molecule has 7 heteroatoms. The molecule has 0 unspecified atom stereocenters. The Morgan fingerprint density at radius 1 is 1.33 bits per heavy atom. The van der Waals surface area contributed by atoms with Gasteiger partial charge in [-0.05, 0) is 30.9 Å². The Kier molecular flexibility index (Phi) is 4.84. The summed E-state index contributed by atoms with van der Waals surface area (Å²) in [5.74, 6) is 0.00171. The van der Waals surface area contributed by atoms with Crippen LogP contribution in [0.15, 0.2) is 29.2 Å². The summed E-state index contributed by atoms with van der Waals surface area (Å²) in [6.45, 7) is 2.86. The van der Waals surface area contributed by atoms with Gasteiger partial charge in [-0.1, -0.05) is 12.1 Å². The molecule has 1 aromatic rings. The van der Waals surface area contributed by atoms with Gasteiger partial charge in [0.2, 0.25) is 15.9 Å². The van der Waals surface area contributed by atoms with Crippen LogP contribution in [0.1, 0.15) is 19.8 Å². The summed E-state index contributed by atoms with van der Waals surface area (Å²) < 4.78 is 26.3. The number of phenols is 1. The topological polar surface area (TPSA) is 86.7 Å². The van der Waals surface area contributed by atoms with Gasteiger partial charge in [-0.25, -0.2) is 8.42 Å². The molecule has 1 heterocycles. The largest absolute Gasteiger partial charge is 0.507 e. The van der Waals surface area contributed by atoms with E-state index >= 15 is 0 Å².